The number of carbonyl (C=O) groups is 1. The van der Waals surface area contributed by atoms with Crippen LogP contribution in [0.3, 0.4) is 0 Å². The van der Waals surface area contributed by atoms with Gasteiger partial charge in [-0.25, -0.2) is 14.8 Å². The molecule has 2 heterocycles. The Labute approximate surface area is 239 Å². The molecular formula is C27H37Cl2N5O3S. The van der Waals surface area contributed by atoms with Crippen LogP contribution in [0.2, 0.25) is 10.0 Å². The molecule has 208 valence electrons. The van der Waals surface area contributed by atoms with Gasteiger partial charge in [0.1, 0.15) is 11.1 Å². The SMILES string of the molecule is Cc1nc(N2CCC3(CCC[C@H]3OC(=O)NC(C)(C)C)CC2)c(NCCO)nc1Sc1cccc(Cl)c1Cl. The van der Waals surface area contributed by atoms with Crippen LogP contribution in [-0.4, -0.2) is 59.1 Å². The number of anilines is 2. The number of alkyl carbamates (subject to hydrolysis) is 1. The molecule has 3 N–H and O–H groups in total. The Morgan fingerprint density at radius 2 is 1.97 bits per heavy atom. The first kappa shape index (κ1) is 29.1. The van der Waals surface area contributed by atoms with E-state index in [1.54, 1.807) is 6.07 Å². The zero-order valence-corrected chi connectivity index (χ0v) is 24.8. The zero-order valence-electron chi connectivity index (χ0n) is 22.4. The van der Waals surface area contributed by atoms with Crippen LogP contribution >= 0.6 is 35.0 Å². The van der Waals surface area contributed by atoms with Crippen molar-refractivity contribution in [2.24, 2.45) is 5.41 Å². The number of benzene rings is 1. The number of rotatable bonds is 7. The molecule has 38 heavy (non-hydrogen) atoms. The van der Waals surface area contributed by atoms with E-state index in [1.807, 2.05) is 39.8 Å². The van der Waals surface area contributed by atoms with Gasteiger partial charge in [0.15, 0.2) is 11.6 Å². The maximum absolute atomic E-state index is 12.5. The summed E-state index contributed by atoms with van der Waals surface area (Å²) in [4.78, 5) is 25.4. The lowest BCUT2D eigenvalue weighted by Crippen LogP contribution is -2.48. The number of aliphatic hydroxyl groups excluding tert-OH is 1. The Bertz CT molecular complexity index is 1150. The summed E-state index contributed by atoms with van der Waals surface area (Å²) in [6.07, 6.45) is 4.43. The summed E-state index contributed by atoms with van der Waals surface area (Å²) in [5.41, 5.74) is 0.451. The second kappa shape index (κ2) is 12.1. The molecule has 1 atom stereocenters. The van der Waals surface area contributed by atoms with Crippen LogP contribution in [0.25, 0.3) is 0 Å². The molecule has 0 bridgehead atoms. The van der Waals surface area contributed by atoms with Crippen LogP contribution in [-0.2, 0) is 4.74 Å². The van der Waals surface area contributed by atoms with E-state index in [9.17, 15) is 9.90 Å². The van der Waals surface area contributed by atoms with Gasteiger partial charge in [-0.3, -0.25) is 0 Å². The van der Waals surface area contributed by atoms with Gasteiger partial charge in [0, 0.05) is 35.5 Å². The third-order valence-corrected chi connectivity index (χ3v) is 9.22. The average molecular weight is 583 g/mol. The van der Waals surface area contributed by atoms with E-state index in [-0.39, 0.29) is 29.8 Å². The van der Waals surface area contributed by atoms with Crippen LogP contribution < -0.4 is 15.5 Å². The van der Waals surface area contributed by atoms with Gasteiger partial charge in [0.2, 0.25) is 0 Å². The second-order valence-corrected chi connectivity index (χ2v) is 12.9. The summed E-state index contributed by atoms with van der Waals surface area (Å²) in [6, 6.07) is 5.51. The van der Waals surface area contributed by atoms with Gasteiger partial charge >= 0.3 is 6.09 Å². The van der Waals surface area contributed by atoms with Gasteiger partial charge in [0.05, 0.1) is 22.3 Å². The molecule has 2 aromatic rings. The first-order chi connectivity index (χ1) is 18.0. The van der Waals surface area contributed by atoms with Gasteiger partial charge in [-0.1, -0.05) is 41.0 Å². The molecular weight excluding hydrogens is 545 g/mol. The highest BCUT2D eigenvalue weighted by molar-refractivity contribution is 7.99. The highest BCUT2D eigenvalue weighted by atomic mass is 35.5. The van der Waals surface area contributed by atoms with E-state index in [1.165, 1.54) is 11.8 Å². The minimum Gasteiger partial charge on any atom is -0.446 e. The van der Waals surface area contributed by atoms with Gasteiger partial charge in [-0.2, -0.15) is 0 Å². The third-order valence-electron chi connectivity index (χ3n) is 7.14. The molecule has 1 saturated heterocycles. The van der Waals surface area contributed by atoms with Gasteiger partial charge in [0.25, 0.3) is 0 Å². The molecule has 1 aromatic heterocycles. The minimum absolute atomic E-state index is 0.00793. The smallest absolute Gasteiger partial charge is 0.407 e. The van der Waals surface area contributed by atoms with Gasteiger partial charge in [-0.05, 0) is 71.9 Å². The fraction of sp³-hybridized carbons (Fsp3) is 0.593. The van der Waals surface area contributed by atoms with Crippen molar-refractivity contribution in [3.63, 3.8) is 0 Å². The summed E-state index contributed by atoms with van der Waals surface area (Å²) < 4.78 is 5.95. The maximum Gasteiger partial charge on any atom is 0.407 e. The van der Waals surface area contributed by atoms with Crippen molar-refractivity contribution < 1.29 is 14.6 Å². The van der Waals surface area contributed by atoms with Gasteiger partial charge < -0.3 is 25.4 Å². The number of halogens is 2. The number of carbonyl (C=O) groups excluding carboxylic acids is 1. The van der Waals surface area contributed by atoms with Crippen molar-refractivity contribution in [2.45, 2.75) is 81.4 Å². The highest BCUT2D eigenvalue weighted by Crippen LogP contribution is 2.49. The molecule has 8 nitrogen and oxygen atoms in total. The number of hydrogen-bond donors (Lipinski definition) is 3. The van der Waals surface area contributed by atoms with E-state index in [4.69, 9.17) is 37.9 Å². The van der Waals surface area contributed by atoms with E-state index in [0.717, 1.165) is 66.6 Å². The summed E-state index contributed by atoms with van der Waals surface area (Å²) in [6.45, 7) is 9.72. The van der Waals surface area contributed by atoms with Crippen molar-refractivity contribution in [3.8, 4) is 0 Å². The Kier molecular flexibility index (Phi) is 9.22. The van der Waals surface area contributed by atoms with E-state index in [0.29, 0.717) is 22.4 Å². The van der Waals surface area contributed by atoms with Crippen molar-refractivity contribution in [3.05, 3.63) is 33.9 Å². The molecule has 1 amide bonds. The highest BCUT2D eigenvalue weighted by Gasteiger charge is 2.47. The Morgan fingerprint density at radius 1 is 1.24 bits per heavy atom. The lowest BCUT2D eigenvalue weighted by Gasteiger charge is -2.43. The Balaban J connectivity index is 1.51. The number of amides is 1. The van der Waals surface area contributed by atoms with E-state index >= 15 is 0 Å². The number of aromatic nitrogens is 2. The van der Waals surface area contributed by atoms with Crippen LogP contribution in [0.5, 0.6) is 0 Å². The van der Waals surface area contributed by atoms with Crippen molar-refractivity contribution >= 4 is 52.7 Å². The normalized spacial score (nSPS) is 19.0. The standard InChI is InChI=1S/C27H37Cl2N5O3S/c1-17-24(38-19-8-5-7-18(28)21(19)29)32-22(30-13-16-35)23(31-17)34-14-11-27(12-15-34)10-6-9-20(27)37-25(36)33-26(2,3)4/h5,7-8,20,35H,6,9-16H2,1-4H3,(H,30,32)(H,33,36)/t20-/m1/s1. The molecule has 0 radical (unpaired) electrons. The summed E-state index contributed by atoms with van der Waals surface area (Å²) >= 11 is 14.0. The van der Waals surface area contributed by atoms with Crippen LogP contribution in [0.15, 0.2) is 28.1 Å². The molecule has 1 saturated carbocycles. The van der Waals surface area contributed by atoms with Crippen molar-refractivity contribution in [2.75, 3.05) is 36.5 Å². The number of aliphatic hydroxyl groups is 1. The third kappa shape index (κ3) is 6.79. The molecule has 1 aromatic carbocycles. The summed E-state index contributed by atoms with van der Waals surface area (Å²) in [5.74, 6) is 1.40. The fourth-order valence-electron chi connectivity index (χ4n) is 5.26. The topological polar surface area (TPSA) is 99.6 Å². The molecule has 4 rings (SSSR count). The largest absolute Gasteiger partial charge is 0.446 e. The van der Waals surface area contributed by atoms with Gasteiger partial charge in [-0.15, -0.1) is 0 Å². The lowest BCUT2D eigenvalue weighted by atomic mass is 9.75. The van der Waals surface area contributed by atoms with Crippen LogP contribution in [0.1, 0.15) is 58.6 Å². The molecule has 2 aliphatic rings. The van der Waals surface area contributed by atoms with Crippen molar-refractivity contribution in [1.82, 2.24) is 15.3 Å². The maximum atomic E-state index is 12.5. The second-order valence-electron chi connectivity index (χ2n) is 11.1. The first-order valence-corrected chi connectivity index (χ1v) is 14.7. The number of aryl methyl sites for hydroxylation is 1. The number of nitrogens with zero attached hydrogens (tertiary/aromatic N) is 3. The average Bonchev–Trinajstić information content (AvgIpc) is 3.22. The number of ether oxygens (including phenoxy) is 1. The fourth-order valence-corrected chi connectivity index (χ4v) is 6.62. The summed E-state index contributed by atoms with van der Waals surface area (Å²) in [5, 5.41) is 17.3. The quantitative estimate of drug-likeness (QED) is 0.349. The zero-order chi connectivity index (χ0) is 27.5. The predicted molar refractivity (Wildman–Crippen MR) is 154 cm³/mol. The molecule has 2 fully saturated rings. The number of piperidine rings is 1. The Morgan fingerprint density at radius 3 is 2.66 bits per heavy atom. The minimum atomic E-state index is -0.337. The summed E-state index contributed by atoms with van der Waals surface area (Å²) in [7, 11) is 0. The monoisotopic (exact) mass is 581 g/mol. The molecule has 0 unspecified atom stereocenters. The number of hydrogen-bond acceptors (Lipinski definition) is 8. The van der Waals surface area contributed by atoms with E-state index in [2.05, 4.69) is 15.5 Å². The predicted octanol–water partition coefficient (Wildman–Crippen LogP) is 6.31. The molecule has 1 aliphatic carbocycles. The Hall–Kier alpha value is -1.94. The van der Waals surface area contributed by atoms with E-state index < -0.39 is 0 Å². The molecule has 1 aliphatic heterocycles. The van der Waals surface area contributed by atoms with Crippen LogP contribution in [0, 0.1) is 12.3 Å². The number of nitrogens with one attached hydrogen (secondary N) is 2. The first-order valence-electron chi connectivity index (χ1n) is 13.1. The van der Waals surface area contributed by atoms with Crippen molar-refractivity contribution in [1.29, 1.82) is 0 Å². The molecule has 11 heteroatoms. The van der Waals surface area contributed by atoms with Crippen LogP contribution in [0.4, 0.5) is 16.4 Å². The lowest BCUT2D eigenvalue weighted by molar-refractivity contribution is 0.00886. The molecule has 1 spiro atoms.